The maximum atomic E-state index is 12.4. The standard InChI is InChI=1S/C19H18ClN3O4/c1-19(10-16(25)23(2)17(22-19)21-18(26)27)12-5-3-4-11(8-12)14-9-13(20)6-7-15(14)24/h3-9,24H,10H2,1-2H3,(H,21,22)(H,26,27). The number of carbonyl (C=O) groups is 2. The van der Waals surface area contributed by atoms with Gasteiger partial charge < -0.3 is 10.2 Å². The fourth-order valence-electron chi connectivity index (χ4n) is 3.01. The molecule has 0 saturated heterocycles. The molecule has 2 aromatic carbocycles. The number of carbonyl (C=O) groups excluding carboxylic acids is 1. The van der Waals surface area contributed by atoms with E-state index >= 15 is 0 Å². The molecule has 3 rings (SSSR count). The normalized spacial score (nSPS) is 19.6. The monoisotopic (exact) mass is 387 g/mol. The molecule has 0 aliphatic carbocycles. The topological polar surface area (TPSA) is 102 Å². The summed E-state index contributed by atoms with van der Waals surface area (Å²) in [5, 5.41) is 21.8. The highest BCUT2D eigenvalue weighted by atomic mass is 35.5. The van der Waals surface area contributed by atoms with Crippen LogP contribution in [-0.2, 0) is 10.3 Å². The summed E-state index contributed by atoms with van der Waals surface area (Å²) in [4.78, 5) is 29.0. The number of aliphatic imine (C=N–C) groups is 1. The first-order valence-corrected chi connectivity index (χ1v) is 8.53. The molecule has 1 aliphatic heterocycles. The summed E-state index contributed by atoms with van der Waals surface area (Å²) in [6.45, 7) is 1.76. The highest BCUT2D eigenvalue weighted by molar-refractivity contribution is 6.31. The van der Waals surface area contributed by atoms with Crippen molar-refractivity contribution in [3.05, 3.63) is 53.1 Å². The molecule has 7 nitrogen and oxygen atoms in total. The zero-order valence-electron chi connectivity index (χ0n) is 14.7. The van der Waals surface area contributed by atoms with Gasteiger partial charge in [0.05, 0.1) is 12.0 Å². The molecule has 1 heterocycles. The van der Waals surface area contributed by atoms with Crippen LogP contribution in [0.15, 0.2) is 47.5 Å². The van der Waals surface area contributed by atoms with Crippen LogP contribution in [0.3, 0.4) is 0 Å². The van der Waals surface area contributed by atoms with Crippen LogP contribution in [0.2, 0.25) is 5.02 Å². The number of benzene rings is 2. The second kappa shape index (κ2) is 6.92. The summed E-state index contributed by atoms with van der Waals surface area (Å²) < 4.78 is 0. The Morgan fingerprint density at radius 3 is 2.74 bits per heavy atom. The van der Waals surface area contributed by atoms with E-state index in [9.17, 15) is 14.7 Å². The first-order chi connectivity index (χ1) is 12.7. The van der Waals surface area contributed by atoms with Gasteiger partial charge in [-0.3, -0.25) is 15.0 Å². The van der Waals surface area contributed by atoms with Gasteiger partial charge in [-0.25, -0.2) is 9.79 Å². The molecule has 0 spiro atoms. The molecule has 0 bridgehead atoms. The highest BCUT2D eigenvalue weighted by Gasteiger charge is 2.37. The van der Waals surface area contributed by atoms with Crippen molar-refractivity contribution in [1.82, 2.24) is 10.2 Å². The minimum atomic E-state index is -1.30. The maximum Gasteiger partial charge on any atom is 0.411 e. The lowest BCUT2D eigenvalue weighted by Crippen LogP contribution is -2.51. The van der Waals surface area contributed by atoms with Gasteiger partial charge in [0.25, 0.3) is 0 Å². The molecule has 8 heteroatoms. The Morgan fingerprint density at radius 2 is 2.04 bits per heavy atom. The summed E-state index contributed by atoms with van der Waals surface area (Å²) in [6.07, 6.45) is -1.21. The van der Waals surface area contributed by atoms with Crippen LogP contribution in [0.1, 0.15) is 18.9 Å². The van der Waals surface area contributed by atoms with Gasteiger partial charge in [0.1, 0.15) is 5.75 Å². The first-order valence-electron chi connectivity index (χ1n) is 8.15. The van der Waals surface area contributed by atoms with Gasteiger partial charge in [-0.2, -0.15) is 0 Å². The van der Waals surface area contributed by atoms with Crippen LogP contribution in [0.4, 0.5) is 4.79 Å². The Balaban J connectivity index is 2.07. The summed E-state index contributed by atoms with van der Waals surface area (Å²) in [5.41, 5.74) is 1.03. The number of aromatic hydroxyl groups is 1. The molecule has 0 radical (unpaired) electrons. The number of phenols is 1. The quantitative estimate of drug-likeness (QED) is 0.734. The van der Waals surface area contributed by atoms with E-state index in [-0.39, 0.29) is 24.0 Å². The lowest BCUT2D eigenvalue weighted by atomic mass is 9.86. The molecular formula is C19H18ClN3O4. The SMILES string of the molecule is CN1C(=O)CC(C)(c2cccc(-c3cc(Cl)ccc3O)c2)N=C1NC(=O)O. The molecule has 1 aliphatic rings. The zero-order chi connectivity index (χ0) is 19.8. The average Bonchev–Trinajstić information content (AvgIpc) is 2.61. The Labute approximate surface area is 160 Å². The van der Waals surface area contributed by atoms with E-state index in [1.807, 2.05) is 18.2 Å². The number of guanidine groups is 1. The minimum Gasteiger partial charge on any atom is -0.507 e. The minimum absolute atomic E-state index is 0.0303. The lowest BCUT2D eigenvalue weighted by Gasteiger charge is -2.34. The predicted molar refractivity (Wildman–Crippen MR) is 102 cm³/mol. The third kappa shape index (κ3) is 3.73. The largest absolute Gasteiger partial charge is 0.507 e. The fraction of sp³-hybridized carbons (Fsp3) is 0.211. The summed E-state index contributed by atoms with van der Waals surface area (Å²) in [5.74, 6) is -0.206. The lowest BCUT2D eigenvalue weighted by molar-refractivity contribution is -0.128. The number of hydrogen-bond donors (Lipinski definition) is 3. The Kier molecular flexibility index (Phi) is 4.80. The third-order valence-electron chi connectivity index (χ3n) is 4.51. The molecule has 0 saturated carbocycles. The van der Waals surface area contributed by atoms with E-state index in [2.05, 4.69) is 10.3 Å². The van der Waals surface area contributed by atoms with Gasteiger partial charge in [-0.1, -0.05) is 29.8 Å². The van der Waals surface area contributed by atoms with Crippen molar-refractivity contribution in [1.29, 1.82) is 0 Å². The van der Waals surface area contributed by atoms with Crippen LogP contribution >= 0.6 is 11.6 Å². The van der Waals surface area contributed by atoms with Gasteiger partial charge >= 0.3 is 6.09 Å². The van der Waals surface area contributed by atoms with Crippen LogP contribution in [0.25, 0.3) is 11.1 Å². The predicted octanol–water partition coefficient (Wildman–Crippen LogP) is 3.41. The molecule has 3 N–H and O–H groups in total. The molecule has 2 amide bonds. The van der Waals surface area contributed by atoms with Crippen molar-refractivity contribution < 1.29 is 19.8 Å². The summed E-state index contributed by atoms with van der Waals surface area (Å²) in [6, 6.07) is 12.0. The van der Waals surface area contributed by atoms with Crippen molar-refractivity contribution in [2.24, 2.45) is 4.99 Å². The van der Waals surface area contributed by atoms with Crippen LogP contribution in [0, 0.1) is 0 Å². The number of amides is 2. The van der Waals surface area contributed by atoms with Crippen LogP contribution in [0.5, 0.6) is 5.75 Å². The van der Waals surface area contributed by atoms with Gasteiger partial charge in [0, 0.05) is 17.6 Å². The molecule has 140 valence electrons. The van der Waals surface area contributed by atoms with Gasteiger partial charge in [-0.05, 0) is 42.3 Å². The van der Waals surface area contributed by atoms with E-state index in [1.54, 1.807) is 25.1 Å². The van der Waals surface area contributed by atoms with E-state index < -0.39 is 11.6 Å². The maximum absolute atomic E-state index is 12.4. The van der Waals surface area contributed by atoms with Gasteiger partial charge in [-0.15, -0.1) is 0 Å². The Morgan fingerprint density at radius 1 is 1.30 bits per heavy atom. The summed E-state index contributed by atoms with van der Waals surface area (Å²) >= 11 is 6.04. The molecule has 0 aromatic heterocycles. The number of carboxylic acid groups (broad SMARTS) is 1. The second-order valence-electron chi connectivity index (χ2n) is 6.51. The van der Waals surface area contributed by atoms with E-state index in [1.165, 1.54) is 18.0 Å². The second-order valence-corrected chi connectivity index (χ2v) is 6.95. The average molecular weight is 388 g/mol. The van der Waals surface area contributed by atoms with Crippen molar-refractivity contribution in [3.8, 4) is 16.9 Å². The number of phenolic OH excluding ortho intramolecular Hbond substituents is 1. The number of rotatable bonds is 2. The molecule has 27 heavy (non-hydrogen) atoms. The van der Waals surface area contributed by atoms with Crippen molar-refractivity contribution >= 4 is 29.6 Å². The Hall–Kier alpha value is -3.06. The van der Waals surface area contributed by atoms with Crippen molar-refractivity contribution in [2.45, 2.75) is 18.9 Å². The number of halogens is 1. The van der Waals surface area contributed by atoms with Crippen molar-refractivity contribution in [2.75, 3.05) is 7.05 Å². The zero-order valence-corrected chi connectivity index (χ0v) is 15.5. The van der Waals surface area contributed by atoms with E-state index in [0.29, 0.717) is 21.7 Å². The Bertz CT molecular complexity index is 960. The highest BCUT2D eigenvalue weighted by Crippen LogP contribution is 2.37. The molecule has 0 fully saturated rings. The molecule has 1 atom stereocenters. The van der Waals surface area contributed by atoms with E-state index in [4.69, 9.17) is 16.7 Å². The molecule has 1 unspecified atom stereocenters. The fourth-order valence-corrected chi connectivity index (χ4v) is 3.19. The van der Waals surface area contributed by atoms with Gasteiger partial charge in [0.15, 0.2) is 0 Å². The number of nitrogens with one attached hydrogen (secondary N) is 1. The summed E-state index contributed by atoms with van der Waals surface area (Å²) in [7, 11) is 1.47. The molecule has 2 aromatic rings. The van der Waals surface area contributed by atoms with Gasteiger partial charge in [0.2, 0.25) is 11.9 Å². The third-order valence-corrected chi connectivity index (χ3v) is 4.75. The number of nitrogens with zero attached hydrogens (tertiary/aromatic N) is 2. The number of hydrogen-bond acceptors (Lipinski definition) is 4. The van der Waals surface area contributed by atoms with Crippen LogP contribution in [-0.4, -0.2) is 40.1 Å². The van der Waals surface area contributed by atoms with E-state index in [0.717, 1.165) is 0 Å². The van der Waals surface area contributed by atoms with Crippen molar-refractivity contribution in [3.63, 3.8) is 0 Å². The molecular weight excluding hydrogens is 370 g/mol. The first kappa shape index (κ1) is 18.7. The smallest absolute Gasteiger partial charge is 0.411 e. The van der Waals surface area contributed by atoms with Crippen LogP contribution < -0.4 is 5.32 Å².